The molecule has 0 aliphatic rings. The minimum atomic E-state index is -0.606. The van der Waals surface area contributed by atoms with Gasteiger partial charge in [0, 0.05) is 11.6 Å². The molecule has 1 atom stereocenters. The molecule has 0 amide bonds. The van der Waals surface area contributed by atoms with E-state index in [1.807, 2.05) is 43.4 Å². The molecule has 0 bridgehead atoms. The zero-order valence-electron chi connectivity index (χ0n) is 10.2. The zero-order chi connectivity index (χ0) is 13.0. The third-order valence-electron chi connectivity index (χ3n) is 2.86. The van der Waals surface area contributed by atoms with Gasteiger partial charge in [-0.2, -0.15) is 0 Å². The van der Waals surface area contributed by atoms with E-state index in [0.717, 1.165) is 17.7 Å². The molecule has 0 saturated heterocycles. The first-order valence-corrected chi connectivity index (χ1v) is 6.25. The Kier molecular flexibility index (Phi) is 4.37. The van der Waals surface area contributed by atoms with Crippen LogP contribution in [0.4, 0.5) is 0 Å². The normalized spacial score (nSPS) is 12.4. The fraction of sp³-hybridized carbons (Fsp3) is 0.200. The molecular formula is C15H16ClNO. The first-order chi connectivity index (χ1) is 8.70. The van der Waals surface area contributed by atoms with Crippen LogP contribution in [0.2, 0.25) is 5.02 Å². The Balaban J connectivity index is 2.17. The van der Waals surface area contributed by atoms with Crippen molar-refractivity contribution in [1.29, 1.82) is 0 Å². The predicted octanol–water partition coefficient (Wildman–Crippen LogP) is 3.14. The van der Waals surface area contributed by atoms with Crippen molar-refractivity contribution >= 4 is 11.6 Å². The van der Waals surface area contributed by atoms with E-state index in [4.69, 9.17) is 11.6 Å². The van der Waals surface area contributed by atoms with Gasteiger partial charge in [0.1, 0.15) is 6.10 Å². The van der Waals surface area contributed by atoms with Crippen molar-refractivity contribution < 1.29 is 5.11 Å². The lowest BCUT2D eigenvalue weighted by Gasteiger charge is -2.12. The molecule has 94 valence electrons. The van der Waals surface area contributed by atoms with Crippen molar-refractivity contribution in [2.24, 2.45) is 0 Å². The van der Waals surface area contributed by atoms with Crippen LogP contribution in [-0.2, 0) is 6.54 Å². The maximum absolute atomic E-state index is 10.2. The fourth-order valence-electron chi connectivity index (χ4n) is 1.86. The van der Waals surface area contributed by atoms with Gasteiger partial charge in [0.25, 0.3) is 0 Å². The molecule has 0 heterocycles. The van der Waals surface area contributed by atoms with Crippen LogP contribution in [0.3, 0.4) is 0 Å². The molecule has 0 fully saturated rings. The topological polar surface area (TPSA) is 32.3 Å². The number of rotatable bonds is 4. The predicted molar refractivity (Wildman–Crippen MR) is 74.7 cm³/mol. The largest absolute Gasteiger partial charge is 0.384 e. The minimum Gasteiger partial charge on any atom is -0.384 e. The van der Waals surface area contributed by atoms with Crippen molar-refractivity contribution in [2.45, 2.75) is 12.6 Å². The van der Waals surface area contributed by atoms with Gasteiger partial charge in [-0.1, -0.05) is 48.0 Å². The molecule has 2 nitrogen and oxygen atoms in total. The molecular weight excluding hydrogens is 246 g/mol. The highest BCUT2D eigenvalue weighted by molar-refractivity contribution is 6.30. The van der Waals surface area contributed by atoms with Crippen LogP contribution in [0, 0.1) is 0 Å². The van der Waals surface area contributed by atoms with Gasteiger partial charge >= 0.3 is 0 Å². The average molecular weight is 262 g/mol. The Morgan fingerprint density at radius 2 is 1.50 bits per heavy atom. The molecule has 2 N–H and O–H groups in total. The Bertz CT molecular complexity index is 493. The summed E-state index contributed by atoms with van der Waals surface area (Å²) in [7, 11) is 1.91. The van der Waals surface area contributed by atoms with E-state index in [1.54, 1.807) is 12.1 Å². The maximum Gasteiger partial charge on any atom is 0.104 e. The average Bonchev–Trinajstić information content (AvgIpc) is 2.40. The van der Waals surface area contributed by atoms with Crippen molar-refractivity contribution in [2.75, 3.05) is 7.05 Å². The van der Waals surface area contributed by atoms with Gasteiger partial charge in [-0.05, 0) is 35.9 Å². The first kappa shape index (κ1) is 13.1. The first-order valence-electron chi connectivity index (χ1n) is 5.87. The summed E-state index contributed by atoms with van der Waals surface area (Å²) in [6.07, 6.45) is -0.606. The second-order valence-electron chi connectivity index (χ2n) is 4.23. The number of benzene rings is 2. The number of halogens is 1. The second kappa shape index (κ2) is 6.01. The molecule has 2 aromatic carbocycles. The summed E-state index contributed by atoms with van der Waals surface area (Å²) >= 11 is 5.83. The molecule has 0 aliphatic carbocycles. The van der Waals surface area contributed by atoms with Gasteiger partial charge in [0.15, 0.2) is 0 Å². The van der Waals surface area contributed by atoms with Crippen molar-refractivity contribution in [1.82, 2.24) is 5.32 Å². The molecule has 3 heteroatoms. The van der Waals surface area contributed by atoms with Crippen LogP contribution in [0.25, 0.3) is 0 Å². The van der Waals surface area contributed by atoms with E-state index < -0.39 is 6.10 Å². The SMILES string of the molecule is CNCc1ccc(C(O)c2ccc(Cl)cc2)cc1. The van der Waals surface area contributed by atoms with Crippen LogP contribution < -0.4 is 5.32 Å². The highest BCUT2D eigenvalue weighted by Crippen LogP contribution is 2.23. The van der Waals surface area contributed by atoms with E-state index in [1.165, 1.54) is 5.56 Å². The summed E-state index contributed by atoms with van der Waals surface area (Å²) in [5.74, 6) is 0. The molecule has 0 radical (unpaired) electrons. The van der Waals surface area contributed by atoms with Crippen LogP contribution in [0.15, 0.2) is 48.5 Å². The van der Waals surface area contributed by atoms with Crippen molar-refractivity contribution in [3.63, 3.8) is 0 Å². The number of hydrogen-bond donors (Lipinski definition) is 2. The summed E-state index contributed by atoms with van der Waals surface area (Å²) < 4.78 is 0. The highest BCUT2D eigenvalue weighted by Gasteiger charge is 2.09. The molecule has 0 saturated carbocycles. The Morgan fingerprint density at radius 3 is 2.00 bits per heavy atom. The summed E-state index contributed by atoms with van der Waals surface area (Å²) in [5, 5.41) is 14.0. The van der Waals surface area contributed by atoms with Gasteiger partial charge < -0.3 is 10.4 Å². The van der Waals surface area contributed by atoms with Gasteiger partial charge in [-0.25, -0.2) is 0 Å². The van der Waals surface area contributed by atoms with Crippen LogP contribution in [0.5, 0.6) is 0 Å². The molecule has 0 spiro atoms. The van der Waals surface area contributed by atoms with E-state index in [2.05, 4.69) is 5.32 Å². The zero-order valence-corrected chi connectivity index (χ0v) is 11.0. The molecule has 2 rings (SSSR count). The smallest absolute Gasteiger partial charge is 0.104 e. The van der Waals surface area contributed by atoms with Crippen LogP contribution in [0.1, 0.15) is 22.8 Å². The fourth-order valence-corrected chi connectivity index (χ4v) is 1.99. The Morgan fingerprint density at radius 1 is 1.00 bits per heavy atom. The molecule has 2 aromatic rings. The van der Waals surface area contributed by atoms with Crippen molar-refractivity contribution in [3.05, 3.63) is 70.2 Å². The van der Waals surface area contributed by atoms with E-state index in [-0.39, 0.29) is 0 Å². The minimum absolute atomic E-state index is 0.606. The Labute approximate surface area is 112 Å². The summed E-state index contributed by atoms with van der Waals surface area (Å²) in [6, 6.07) is 15.2. The van der Waals surface area contributed by atoms with E-state index >= 15 is 0 Å². The van der Waals surface area contributed by atoms with Gasteiger partial charge in [0.05, 0.1) is 0 Å². The molecule has 18 heavy (non-hydrogen) atoms. The Hall–Kier alpha value is -1.35. The lowest BCUT2D eigenvalue weighted by Crippen LogP contribution is -2.05. The van der Waals surface area contributed by atoms with Crippen LogP contribution in [-0.4, -0.2) is 12.2 Å². The summed E-state index contributed by atoms with van der Waals surface area (Å²) in [6.45, 7) is 0.831. The third-order valence-corrected chi connectivity index (χ3v) is 3.11. The summed E-state index contributed by atoms with van der Waals surface area (Å²) in [4.78, 5) is 0. The number of hydrogen-bond acceptors (Lipinski definition) is 2. The van der Waals surface area contributed by atoms with E-state index in [9.17, 15) is 5.11 Å². The lowest BCUT2D eigenvalue weighted by atomic mass is 10.0. The van der Waals surface area contributed by atoms with E-state index in [0.29, 0.717) is 5.02 Å². The summed E-state index contributed by atoms with van der Waals surface area (Å²) in [5.41, 5.74) is 2.93. The highest BCUT2D eigenvalue weighted by atomic mass is 35.5. The number of aliphatic hydroxyl groups excluding tert-OH is 1. The van der Waals surface area contributed by atoms with Crippen molar-refractivity contribution in [3.8, 4) is 0 Å². The standard InChI is InChI=1S/C15H16ClNO/c1-17-10-11-2-4-12(5-3-11)15(18)13-6-8-14(16)9-7-13/h2-9,15,17-18H,10H2,1H3. The lowest BCUT2D eigenvalue weighted by molar-refractivity contribution is 0.220. The second-order valence-corrected chi connectivity index (χ2v) is 4.66. The third kappa shape index (κ3) is 3.10. The maximum atomic E-state index is 10.2. The quantitative estimate of drug-likeness (QED) is 0.886. The van der Waals surface area contributed by atoms with Gasteiger partial charge in [-0.15, -0.1) is 0 Å². The molecule has 0 aromatic heterocycles. The molecule has 1 unspecified atom stereocenters. The number of aliphatic hydroxyl groups is 1. The molecule has 0 aliphatic heterocycles. The van der Waals surface area contributed by atoms with Crippen LogP contribution >= 0.6 is 11.6 Å². The van der Waals surface area contributed by atoms with Gasteiger partial charge in [0.2, 0.25) is 0 Å². The monoisotopic (exact) mass is 261 g/mol. The van der Waals surface area contributed by atoms with Gasteiger partial charge in [-0.3, -0.25) is 0 Å². The number of nitrogens with one attached hydrogen (secondary N) is 1.